The molecule has 0 aromatic rings. The molecule has 2 atom stereocenters. The summed E-state index contributed by atoms with van der Waals surface area (Å²) in [5.41, 5.74) is 5.98. The Bertz CT molecular complexity index is 665. The first kappa shape index (κ1) is 27.8. The van der Waals surface area contributed by atoms with E-state index in [2.05, 4.69) is 10.6 Å². The first-order valence-electron chi connectivity index (χ1n) is 12.5. The maximum Gasteiger partial charge on any atom is 0.407 e. The van der Waals surface area contributed by atoms with E-state index >= 15 is 0 Å². The van der Waals surface area contributed by atoms with Crippen LogP contribution in [-0.4, -0.2) is 71.1 Å². The molecule has 1 aliphatic heterocycles. The fourth-order valence-electron chi connectivity index (χ4n) is 4.61. The van der Waals surface area contributed by atoms with Gasteiger partial charge >= 0.3 is 6.09 Å². The van der Waals surface area contributed by atoms with Crippen LogP contribution in [0.1, 0.15) is 73.1 Å². The van der Waals surface area contributed by atoms with Gasteiger partial charge in [0.05, 0.1) is 6.61 Å². The fourth-order valence-corrected chi connectivity index (χ4v) is 5.68. The molecule has 2 aliphatic rings. The van der Waals surface area contributed by atoms with Crippen LogP contribution in [0.5, 0.6) is 0 Å². The maximum absolute atomic E-state index is 13.6. The monoisotopic (exact) mass is 484 g/mol. The van der Waals surface area contributed by atoms with Gasteiger partial charge in [0.2, 0.25) is 11.8 Å². The van der Waals surface area contributed by atoms with E-state index in [1.807, 2.05) is 34.6 Å². The van der Waals surface area contributed by atoms with Crippen LogP contribution >= 0.6 is 11.8 Å². The first-order chi connectivity index (χ1) is 15.5. The lowest BCUT2D eigenvalue weighted by atomic mass is 9.86. The van der Waals surface area contributed by atoms with Gasteiger partial charge in [0.1, 0.15) is 12.1 Å². The molecule has 1 saturated carbocycles. The minimum absolute atomic E-state index is 0.0993. The van der Waals surface area contributed by atoms with E-state index < -0.39 is 22.9 Å². The van der Waals surface area contributed by atoms with Crippen molar-refractivity contribution in [1.82, 2.24) is 15.5 Å². The lowest BCUT2D eigenvalue weighted by Gasteiger charge is -2.37. The molecule has 8 nitrogen and oxygen atoms in total. The molecular formula is C24H44N4O4S. The van der Waals surface area contributed by atoms with Gasteiger partial charge in [0, 0.05) is 23.9 Å². The number of nitrogens with one attached hydrogen (secondary N) is 2. The minimum Gasteiger partial charge on any atom is -0.449 e. The summed E-state index contributed by atoms with van der Waals surface area (Å²) in [6, 6.07) is -1.00. The van der Waals surface area contributed by atoms with E-state index in [9.17, 15) is 14.4 Å². The average molecular weight is 485 g/mol. The molecule has 0 aromatic carbocycles. The number of carbonyl (C=O) groups excluding carboxylic acids is 3. The van der Waals surface area contributed by atoms with Crippen LogP contribution in [0, 0.1) is 11.8 Å². The molecule has 0 radical (unpaired) electrons. The van der Waals surface area contributed by atoms with E-state index in [1.54, 1.807) is 16.7 Å². The van der Waals surface area contributed by atoms with Crippen LogP contribution in [0.3, 0.4) is 0 Å². The van der Waals surface area contributed by atoms with E-state index in [1.165, 1.54) is 0 Å². The molecule has 4 N–H and O–H groups in total. The van der Waals surface area contributed by atoms with E-state index in [-0.39, 0.29) is 30.4 Å². The zero-order valence-corrected chi connectivity index (χ0v) is 21.8. The van der Waals surface area contributed by atoms with Gasteiger partial charge in [-0.15, -0.1) is 0 Å². The first-order valence-corrected chi connectivity index (χ1v) is 13.4. The van der Waals surface area contributed by atoms with Crippen molar-refractivity contribution in [3.63, 3.8) is 0 Å². The summed E-state index contributed by atoms with van der Waals surface area (Å²) in [7, 11) is 0. The zero-order valence-electron chi connectivity index (χ0n) is 21.0. The number of nitrogens with two attached hydrogens (primary N) is 1. The molecule has 9 heteroatoms. The van der Waals surface area contributed by atoms with Crippen LogP contribution in [0.4, 0.5) is 4.79 Å². The van der Waals surface area contributed by atoms with Crippen LogP contribution in [0.2, 0.25) is 0 Å². The Morgan fingerprint density at radius 1 is 1.15 bits per heavy atom. The van der Waals surface area contributed by atoms with Gasteiger partial charge in [-0.3, -0.25) is 9.59 Å². The Hall–Kier alpha value is -1.48. The second kappa shape index (κ2) is 12.8. The normalized spacial score (nSPS) is 24.5. The molecule has 0 aromatic heterocycles. The molecule has 1 heterocycles. The summed E-state index contributed by atoms with van der Waals surface area (Å²) in [5, 5.41) is 5.88. The topological polar surface area (TPSA) is 114 Å². The molecule has 190 valence electrons. The van der Waals surface area contributed by atoms with Gasteiger partial charge in [-0.25, -0.2) is 4.79 Å². The number of carbonyl (C=O) groups is 3. The second-order valence-corrected chi connectivity index (χ2v) is 12.2. The van der Waals surface area contributed by atoms with Gasteiger partial charge in [-0.05, 0) is 70.0 Å². The number of amides is 3. The van der Waals surface area contributed by atoms with E-state index in [0.717, 1.165) is 37.9 Å². The van der Waals surface area contributed by atoms with Crippen molar-refractivity contribution < 1.29 is 19.1 Å². The van der Waals surface area contributed by atoms with Crippen molar-refractivity contribution in [2.75, 3.05) is 25.4 Å². The third-order valence-corrected chi connectivity index (χ3v) is 7.83. The molecule has 0 bridgehead atoms. The van der Waals surface area contributed by atoms with Crippen molar-refractivity contribution in [3.05, 3.63) is 0 Å². The standard InChI is InChI=1S/C24H44N4O4S/c1-6-33-24(4,5)20(27-23(31)32-15-16(2)3)22(30)28-13-7-8-19(28)21(29)26-14-17-9-11-18(25)12-10-17/h16-20H,6-15,25H2,1-5H3,(H,26,29)(H,27,31). The number of alkyl carbamates (subject to hydrolysis) is 1. The highest BCUT2D eigenvalue weighted by atomic mass is 32.2. The Morgan fingerprint density at radius 2 is 1.82 bits per heavy atom. The SMILES string of the molecule is CCSC(C)(C)C(NC(=O)OCC(C)C)C(=O)N1CCCC1C(=O)NCC1CCC(N)CC1. The van der Waals surface area contributed by atoms with Crippen molar-refractivity contribution in [1.29, 1.82) is 0 Å². The largest absolute Gasteiger partial charge is 0.449 e. The smallest absolute Gasteiger partial charge is 0.407 e. The van der Waals surface area contributed by atoms with E-state index in [0.29, 0.717) is 25.4 Å². The average Bonchev–Trinajstić information content (AvgIpc) is 3.25. The summed E-state index contributed by atoms with van der Waals surface area (Å²) < 4.78 is 4.74. The fraction of sp³-hybridized carbons (Fsp3) is 0.875. The molecule has 1 aliphatic carbocycles. The van der Waals surface area contributed by atoms with Gasteiger partial charge in [-0.2, -0.15) is 11.8 Å². The van der Waals surface area contributed by atoms with Crippen LogP contribution in [0.25, 0.3) is 0 Å². The third-order valence-electron chi connectivity index (χ3n) is 6.56. The number of likely N-dealkylation sites (tertiary alicyclic amines) is 1. The van der Waals surface area contributed by atoms with Crippen LogP contribution in [0.15, 0.2) is 0 Å². The van der Waals surface area contributed by atoms with Gasteiger partial charge < -0.3 is 26.0 Å². The highest BCUT2D eigenvalue weighted by Crippen LogP contribution is 2.31. The van der Waals surface area contributed by atoms with Crippen molar-refractivity contribution in [2.45, 2.75) is 96.0 Å². The van der Waals surface area contributed by atoms with Gasteiger partial charge in [0.25, 0.3) is 0 Å². The van der Waals surface area contributed by atoms with Crippen LogP contribution in [-0.2, 0) is 14.3 Å². The quantitative estimate of drug-likeness (QED) is 0.439. The Labute approximate surface area is 203 Å². The summed E-state index contributed by atoms with van der Waals surface area (Å²) in [5.74, 6) is 1.13. The predicted octanol–water partition coefficient (Wildman–Crippen LogP) is 2.89. The molecule has 2 fully saturated rings. The number of hydrogen-bond acceptors (Lipinski definition) is 6. The molecule has 2 rings (SSSR count). The number of thioether (sulfide) groups is 1. The van der Waals surface area contributed by atoms with Crippen molar-refractivity contribution in [2.24, 2.45) is 17.6 Å². The lowest BCUT2D eigenvalue weighted by Crippen LogP contribution is -2.60. The van der Waals surface area contributed by atoms with Gasteiger partial charge in [0.15, 0.2) is 0 Å². The second-order valence-electron chi connectivity index (χ2n) is 10.3. The molecule has 0 spiro atoms. The summed E-state index contributed by atoms with van der Waals surface area (Å²) >= 11 is 1.61. The van der Waals surface area contributed by atoms with Gasteiger partial charge in [-0.1, -0.05) is 20.8 Å². The third kappa shape index (κ3) is 8.35. The molecule has 2 unspecified atom stereocenters. The Morgan fingerprint density at radius 3 is 2.42 bits per heavy atom. The number of hydrogen-bond donors (Lipinski definition) is 3. The highest BCUT2D eigenvalue weighted by Gasteiger charge is 2.44. The Kier molecular flexibility index (Phi) is 10.8. The Balaban J connectivity index is 2.04. The number of rotatable bonds is 10. The number of ether oxygens (including phenoxy) is 1. The predicted molar refractivity (Wildman–Crippen MR) is 133 cm³/mol. The van der Waals surface area contributed by atoms with Crippen molar-refractivity contribution in [3.8, 4) is 0 Å². The summed E-state index contributed by atoms with van der Waals surface area (Å²) in [6.45, 7) is 11.3. The summed E-state index contributed by atoms with van der Waals surface area (Å²) in [4.78, 5) is 40.8. The summed E-state index contributed by atoms with van der Waals surface area (Å²) in [6.07, 6.45) is 4.87. The molecule has 1 saturated heterocycles. The van der Waals surface area contributed by atoms with Crippen LogP contribution < -0.4 is 16.4 Å². The lowest BCUT2D eigenvalue weighted by molar-refractivity contribution is -0.140. The van der Waals surface area contributed by atoms with Crippen molar-refractivity contribution >= 4 is 29.7 Å². The molecule has 3 amide bonds. The minimum atomic E-state index is -0.782. The number of nitrogens with zero attached hydrogens (tertiary/aromatic N) is 1. The molecular weight excluding hydrogens is 440 g/mol. The zero-order chi connectivity index (χ0) is 24.6. The van der Waals surface area contributed by atoms with E-state index in [4.69, 9.17) is 10.5 Å². The maximum atomic E-state index is 13.6. The highest BCUT2D eigenvalue weighted by molar-refractivity contribution is 8.00. The molecule has 33 heavy (non-hydrogen) atoms.